The van der Waals surface area contributed by atoms with Crippen LogP contribution in [0.3, 0.4) is 0 Å². The Bertz CT molecular complexity index is 910. The molecule has 3 aliphatic heterocycles. The van der Waals surface area contributed by atoms with Gasteiger partial charge in [0.25, 0.3) is 0 Å². The van der Waals surface area contributed by atoms with Crippen molar-refractivity contribution in [3.8, 4) is 0 Å². The molecule has 31 heavy (non-hydrogen) atoms. The van der Waals surface area contributed by atoms with Crippen molar-refractivity contribution in [3.63, 3.8) is 0 Å². The second-order valence-corrected chi connectivity index (χ2v) is 8.61. The van der Waals surface area contributed by atoms with Gasteiger partial charge in [0.2, 0.25) is 0 Å². The minimum absolute atomic E-state index is 0.00143. The number of hydrogen-bond acceptors (Lipinski definition) is 9. The molecule has 9 heteroatoms. The number of rotatable bonds is 4. The van der Waals surface area contributed by atoms with Crippen LogP contribution in [0.4, 0.5) is 0 Å². The van der Waals surface area contributed by atoms with Crippen molar-refractivity contribution in [3.05, 3.63) is 34.6 Å². The van der Waals surface area contributed by atoms with E-state index in [0.29, 0.717) is 12.0 Å². The van der Waals surface area contributed by atoms with Gasteiger partial charge in [0.1, 0.15) is 24.1 Å². The highest BCUT2D eigenvalue weighted by atomic mass is 16.7. The Morgan fingerprint density at radius 1 is 1.26 bits per heavy atom. The maximum absolute atomic E-state index is 12.6. The summed E-state index contributed by atoms with van der Waals surface area (Å²) in [6, 6.07) is 0. The topological polar surface area (TPSA) is 129 Å². The summed E-state index contributed by atoms with van der Waals surface area (Å²) in [6.07, 6.45) is 2.13. The molecule has 9 nitrogen and oxygen atoms in total. The summed E-state index contributed by atoms with van der Waals surface area (Å²) in [4.78, 5) is 36.5. The zero-order valence-corrected chi connectivity index (χ0v) is 18.3. The molecule has 2 N–H and O–H groups in total. The van der Waals surface area contributed by atoms with Crippen molar-refractivity contribution < 1.29 is 43.5 Å². The van der Waals surface area contributed by atoms with E-state index in [0.717, 1.165) is 0 Å². The van der Waals surface area contributed by atoms with Crippen molar-refractivity contribution in [2.75, 3.05) is 6.61 Å². The van der Waals surface area contributed by atoms with E-state index < -0.39 is 41.0 Å². The predicted molar refractivity (Wildman–Crippen MR) is 106 cm³/mol. The molecule has 0 aliphatic carbocycles. The number of carbonyl (C=O) groups excluding carboxylic acids is 3. The fraction of sp³-hybridized carbons (Fsp3) is 0.591. The molecule has 3 rings (SSSR count). The molecule has 1 fully saturated rings. The number of aliphatic hydroxyl groups is 2. The number of fused-ring (bicyclic) bond motifs is 3. The van der Waals surface area contributed by atoms with Crippen LogP contribution < -0.4 is 0 Å². The molecule has 4 atom stereocenters. The van der Waals surface area contributed by atoms with Crippen molar-refractivity contribution in [2.24, 2.45) is 0 Å². The quantitative estimate of drug-likeness (QED) is 0.383. The zero-order valence-electron chi connectivity index (χ0n) is 18.3. The van der Waals surface area contributed by atoms with Gasteiger partial charge < -0.3 is 29.2 Å². The Labute approximate surface area is 180 Å². The Kier molecular flexibility index (Phi) is 5.90. The Morgan fingerprint density at radius 2 is 1.94 bits per heavy atom. The minimum atomic E-state index is -1.90. The monoisotopic (exact) mass is 436 g/mol. The van der Waals surface area contributed by atoms with Crippen LogP contribution >= 0.6 is 0 Å². The summed E-state index contributed by atoms with van der Waals surface area (Å²) in [5.41, 5.74) is -2.38. The van der Waals surface area contributed by atoms with Gasteiger partial charge in [-0.2, -0.15) is 0 Å². The number of ether oxygens (including phenoxy) is 4. The molecule has 1 saturated heterocycles. The van der Waals surface area contributed by atoms with Crippen molar-refractivity contribution >= 4 is 17.9 Å². The first-order chi connectivity index (χ1) is 14.3. The standard InChI is InChI=1S/C22H28O9/c1-6-12(2)18(24)29-16-10-21(5,26)22(27)8-7-20(4,31-22)9-15-17(16)14(19(25)30-15)11-28-13(3)23/h6,9,16,26-27H,7-8,10-11H2,1-5H3/b12-6+,15-9?/t16-,20-,21+,22+/m0/s1. The number of carbonyl (C=O) groups is 3. The predicted octanol–water partition coefficient (Wildman–Crippen LogP) is 1.58. The van der Waals surface area contributed by atoms with E-state index in [2.05, 4.69) is 0 Å². The highest BCUT2D eigenvalue weighted by Crippen LogP contribution is 2.49. The van der Waals surface area contributed by atoms with Gasteiger partial charge in [0.05, 0.1) is 11.2 Å². The van der Waals surface area contributed by atoms with Crippen LogP contribution in [0.25, 0.3) is 0 Å². The molecule has 0 aromatic rings. The van der Waals surface area contributed by atoms with E-state index in [-0.39, 0.29) is 36.4 Å². The second-order valence-electron chi connectivity index (χ2n) is 8.61. The fourth-order valence-corrected chi connectivity index (χ4v) is 3.97. The smallest absolute Gasteiger partial charge is 0.343 e. The Balaban J connectivity index is 2.17. The normalized spacial score (nSPS) is 35.5. The highest BCUT2D eigenvalue weighted by Gasteiger charge is 2.58. The first-order valence-corrected chi connectivity index (χ1v) is 10.1. The molecule has 0 radical (unpaired) electrons. The minimum Gasteiger partial charge on any atom is -0.461 e. The Hall–Kier alpha value is -2.49. The van der Waals surface area contributed by atoms with Gasteiger partial charge in [-0.25, -0.2) is 9.59 Å². The van der Waals surface area contributed by atoms with Crippen LogP contribution in [0.2, 0.25) is 0 Å². The third kappa shape index (κ3) is 4.30. The Morgan fingerprint density at radius 3 is 2.55 bits per heavy atom. The van der Waals surface area contributed by atoms with Crippen LogP contribution in [0.5, 0.6) is 0 Å². The molecular weight excluding hydrogens is 408 g/mol. The van der Waals surface area contributed by atoms with Crippen LogP contribution in [-0.4, -0.2) is 57.8 Å². The third-order valence-electron chi connectivity index (χ3n) is 6.01. The SMILES string of the molecule is C/C=C(\C)C(=O)O[C@H]1C[C@@](C)(O)[C@@]2(O)CC[C@@](C)(C=C3OC(=O)C(COC(C)=O)=C31)O2. The lowest BCUT2D eigenvalue weighted by atomic mass is 9.82. The van der Waals surface area contributed by atoms with Gasteiger partial charge >= 0.3 is 17.9 Å². The molecular formula is C22H28O9. The average Bonchev–Trinajstić information content (AvgIpc) is 3.14. The molecule has 3 heterocycles. The van der Waals surface area contributed by atoms with Crippen LogP contribution in [0.1, 0.15) is 53.9 Å². The highest BCUT2D eigenvalue weighted by molar-refractivity contribution is 5.96. The van der Waals surface area contributed by atoms with E-state index in [4.69, 9.17) is 18.9 Å². The number of esters is 3. The maximum atomic E-state index is 12.6. The van der Waals surface area contributed by atoms with Crippen molar-refractivity contribution in [2.45, 2.75) is 77.0 Å². The fourth-order valence-electron chi connectivity index (χ4n) is 3.97. The van der Waals surface area contributed by atoms with Crippen LogP contribution in [0.15, 0.2) is 34.6 Å². The van der Waals surface area contributed by atoms with E-state index >= 15 is 0 Å². The van der Waals surface area contributed by atoms with Crippen LogP contribution in [0, 0.1) is 0 Å². The molecule has 2 bridgehead atoms. The van der Waals surface area contributed by atoms with Gasteiger partial charge in [-0.1, -0.05) is 6.08 Å². The largest absolute Gasteiger partial charge is 0.461 e. The van der Waals surface area contributed by atoms with Gasteiger partial charge in [0, 0.05) is 30.9 Å². The van der Waals surface area contributed by atoms with E-state index in [9.17, 15) is 24.6 Å². The van der Waals surface area contributed by atoms with E-state index in [1.54, 1.807) is 26.8 Å². The number of hydrogen-bond donors (Lipinski definition) is 2. The molecule has 0 spiro atoms. The molecule has 3 aliphatic rings. The first-order valence-electron chi connectivity index (χ1n) is 10.1. The molecule has 0 unspecified atom stereocenters. The molecule has 170 valence electrons. The van der Waals surface area contributed by atoms with Crippen LogP contribution in [-0.2, 0) is 33.3 Å². The van der Waals surface area contributed by atoms with E-state index in [1.165, 1.54) is 19.9 Å². The lowest BCUT2D eigenvalue weighted by Crippen LogP contribution is -2.54. The van der Waals surface area contributed by atoms with Crippen molar-refractivity contribution in [1.82, 2.24) is 0 Å². The average molecular weight is 436 g/mol. The second kappa shape index (κ2) is 7.89. The first kappa shape index (κ1) is 23.2. The lowest BCUT2D eigenvalue weighted by molar-refractivity contribution is -0.298. The molecule has 0 saturated carbocycles. The summed E-state index contributed by atoms with van der Waals surface area (Å²) < 4.78 is 21.9. The zero-order chi connectivity index (χ0) is 23.2. The van der Waals surface area contributed by atoms with Gasteiger partial charge in [0.15, 0.2) is 5.79 Å². The van der Waals surface area contributed by atoms with Gasteiger partial charge in [-0.3, -0.25) is 4.79 Å². The van der Waals surface area contributed by atoms with Gasteiger partial charge in [-0.15, -0.1) is 0 Å². The molecule has 0 amide bonds. The summed E-state index contributed by atoms with van der Waals surface area (Å²) in [7, 11) is 0. The van der Waals surface area contributed by atoms with E-state index in [1.807, 2.05) is 0 Å². The summed E-state index contributed by atoms with van der Waals surface area (Å²) >= 11 is 0. The number of allylic oxidation sites excluding steroid dienone is 1. The lowest BCUT2D eigenvalue weighted by Gasteiger charge is -2.40. The third-order valence-corrected chi connectivity index (χ3v) is 6.01. The maximum Gasteiger partial charge on any atom is 0.343 e. The summed E-state index contributed by atoms with van der Waals surface area (Å²) in [5.74, 6) is -3.82. The van der Waals surface area contributed by atoms with Gasteiger partial charge in [-0.05, 0) is 40.2 Å². The molecule has 0 aromatic heterocycles. The summed E-state index contributed by atoms with van der Waals surface area (Å²) in [6.45, 7) is 7.13. The molecule has 0 aromatic carbocycles. The van der Waals surface area contributed by atoms with Crippen molar-refractivity contribution in [1.29, 1.82) is 0 Å². The summed E-state index contributed by atoms with van der Waals surface area (Å²) in [5, 5.41) is 22.3.